The van der Waals surface area contributed by atoms with Gasteiger partial charge >= 0.3 is 0 Å². The Morgan fingerprint density at radius 2 is 1.63 bits per heavy atom. The molecule has 0 unspecified atom stereocenters. The fourth-order valence-electron chi connectivity index (χ4n) is 2.96. The van der Waals surface area contributed by atoms with Gasteiger partial charge in [-0.2, -0.15) is 0 Å². The van der Waals surface area contributed by atoms with Crippen LogP contribution in [-0.4, -0.2) is 21.3 Å². The van der Waals surface area contributed by atoms with Crippen molar-refractivity contribution in [3.8, 4) is 17.2 Å². The Kier molecular flexibility index (Phi) is 4.53. The summed E-state index contributed by atoms with van der Waals surface area (Å²) in [4.78, 5) is 0. The van der Waals surface area contributed by atoms with Gasteiger partial charge in [0.05, 0.1) is 21.3 Å². The molecule has 1 fully saturated rings. The van der Waals surface area contributed by atoms with Gasteiger partial charge < -0.3 is 19.9 Å². The van der Waals surface area contributed by atoms with Gasteiger partial charge in [-0.05, 0) is 30.9 Å². The van der Waals surface area contributed by atoms with E-state index < -0.39 is 0 Å². The highest BCUT2D eigenvalue weighted by Gasteiger charge is 2.27. The zero-order valence-electron chi connectivity index (χ0n) is 11.9. The zero-order chi connectivity index (χ0) is 13.8. The first-order valence-corrected chi connectivity index (χ1v) is 6.77. The van der Waals surface area contributed by atoms with Crippen LogP contribution in [0.3, 0.4) is 0 Å². The lowest BCUT2D eigenvalue weighted by atomic mass is 9.91. The second kappa shape index (κ2) is 6.15. The van der Waals surface area contributed by atoms with Gasteiger partial charge in [-0.3, -0.25) is 0 Å². The molecule has 1 atom stereocenters. The summed E-state index contributed by atoms with van der Waals surface area (Å²) in [6.45, 7) is 0. The predicted octanol–water partition coefficient (Wildman–Crippen LogP) is 2.90. The van der Waals surface area contributed by atoms with Gasteiger partial charge in [0.2, 0.25) is 5.75 Å². The number of ether oxygens (including phenoxy) is 3. The number of nitrogens with two attached hydrogens (primary N) is 1. The highest BCUT2D eigenvalue weighted by molar-refractivity contribution is 5.56. The number of methoxy groups -OCH3 is 3. The van der Waals surface area contributed by atoms with Crippen LogP contribution in [0, 0.1) is 5.92 Å². The van der Waals surface area contributed by atoms with Crippen LogP contribution in [0.15, 0.2) is 12.1 Å². The molecule has 0 bridgehead atoms. The zero-order valence-corrected chi connectivity index (χ0v) is 11.9. The van der Waals surface area contributed by atoms with Crippen molar-refractivity contribution < 1.29 is 14.2 Å². The molecule has 1 aromatic carbocycles. The Balaban J connectivity index is 2.38. The van der Waals surface area contributed by atoms with E-state index in [1.807, 2.05) is 12.1 Å². The summed E-state index contributed by atoms with van der Waals surface area (Å²) >= 11 is 0. The largest absolute Gasteiger partial charge is 0.493 e. The molecule has 19 heavy (non-hydrogen) atoms. The molecular formula is C15H23NO3. The lowest BCUT2D eigenvalue weighted by Gasteiger charge is -2.23. The number of hydrogen-bond acceptors (Lipinski definition) is 4. The Morgan fingerprint density at radius 1 is 1.00 bits per heavy atom. The van der Waals surface area contributed by atoms with Gasteiger partial charge in [-0.1, -0.05) is 12.8 Å². The quantitative estimate of drug-likeness (QED) is 0.889. The summed E-state index contributed by atoms with van der Waals surface area (Å²) in [7, 11) is 4.88. The van der Waals surface area contributed by atoms with Gasteiger partial charge in [0.1, 0.15) is 0 Å². The maximum Gasteiger partial charge on any atom is 0.203 e. The Morgan fingerprint density at radius 3 is 2.16 bits per heavy atom. The lowest BCUT2D eigenvalue weighted by Crippen LogP contribution is -2.20. The normalized spacial score (nSPS) is 17.3. The molecular weight excluding hydrogens is 242 g/mol. The van der Waals surface area contributed by atoms with Crippen LogP contribution in [0.4, 0.5) is 0 Å². The Labute approximate surface area is 114 Å². The molecule has 106 valence electrons. The Hall–Kier alpha value is -1.42. The van der Waals surface area contributed by atoms with E-state index in [-0.39, 0.29) is 6.04 Å². The molecule has 4 heteroatoms. The predicted molar refractivity (Wildman–Crippen MR) is 75.0 cm³/mol. The number of hydrogen-bond donors (Lipinski definition) is 1. The van der Waals surface area contributed by atoms with E-state index >= 15 is 0 Å². The molecule has 1 saturated carbocycles. The average Bonchev–Trinajstić information content (AvgIpc) is 2.98. The van der Waals surface area contributed by atoms with Crippen molar-refractivity contribution in [2.45, 2.75) is 31.7 Å². The fourth-order valence-corrected chi connectivity index (χ4v) is 2.96. The average molecular weight is 265 g/mol. The maximum absolute atomic E-state index is 6.42. The van der Waals surface area contributed by atoms with Gasteiger partial charge in [0.25, 0.3) is 0 Å². The summed E-state index contributed by atoms with van der Waals surface area (Å²) in [5, 5.41) is 0. The van der Waals surface area contributed by atoms with Crippen LogP contribution in [-0.2, 0) is 0 Å². The molecule has 0 heterocycles. The summed E-state index contributed by atoms with van der Waals surface area (Å²) in [5.41, 5.74) is 7.42. The third-order valence-electron chi connectivity index (χ3n) is 4.00. The van der Waals surface area contributed by atoms with E-state index in [1.54, 1.807) is 21.3 Å². The first kappa shape index (κ1) is 14.0. The van der Waals surface area contributed by atoms with Gasteiger partial charge in [-0.25, -0.2) is 0 Å². The minimum atomic E-state index is -0.00254. The molecule has 2 N–H and O–H groups in total. The molecule has 0 saturated heterocycles. The third kappa shape index (κ3) is 2.63. The van der Waals surface area contributed by atoms with E-state index in [4.69, 9.17) is 19.9 Å². The molecule has 1 aliphatic carbocycles. The summed E-state index contributed by atoms with van der Waals surface area (Å²) in [6.07, 6.45) is 4.93. The smallest absolute Gasteiger partial charge is 0.203 e. The van der Waals surface area contributed by atoms with Crippen molar-refractivity contribution in [3.63, 3.8) is 0 Å². The second-order valence-electron chi connectivity index (χ2n) is 4.99. The van der Waals surface area contributed by atoms with Gasteiger partial charge in [-0.15, -0.1) is 0 Å². The second-order valence-corrected chi connectivity index (χ2v) is 4.99. The minimum absolute atomic E-state index is 0.00254. The molecule has 4 nitrogen and oxygen atoms in total. The summed E-state index contributed by atoms with van der Waals surface area (Å²) < 4.78 is 16.2. The van der Waals surface area contributed by atoms with Crippen molar-refractivity contribution in [3.05, 3.63) is 17.7 Å². The Bertz CT molecular complexity index is 428. The fraction of sp³-hybridized carbons (Fsp3) is 0.600. The highest BCUT2D eigenvalue weighted by Crippen LogP contribution is 2.45. The number of benzene rings is 1. The molecule has 1 aromatic rings. The van der Waals surface area contributed by atoms with Crippen molar-refractivity contribution in [2.24, 2.45) is 11.7 Å². The van der Waals surface area contributed by atoms with Crippen molar-refractivity contribution >= 4 is 0 Å². The molecule has 1 aliphatic rings. The van der Waals surface area contributed by atoms with Crippen molar-refractivity contribution in [1.82, 2.24) is 0 Å². The van der Waals surface area contributed by atoms with E-state index in [0.29, 0.717) is 23.2 Å². The van der Waals surface area contributed by atoms with Gasteiger partial charge in [0, 0.05) is 11.6 Å². The molecule has 0 aliphatic heterocycles. The topological polar surface area (TPSA) is 53.7 Å². The lowest BCUT2D eigenvalue weighted by molar-refractivity contribution is 0.316. The molecule has 0 aromatic heterocycles. The van der Waals surface area contributed by atoms with Crippen LogP contribution in [0.2, 0.25) is 0 Å². The summed E-state index contributed by atoms with van der Waals surface area (Å²) in [6, 6.07) is 3.88. The highest BCUT2D eigenvalue weighted by atomic mass is 16.5. The van der Waals surface area contributed by atoms with Crippen LogP contribution in [0.25, 0.3) is 0 Å². The molecule has 2 rings (SSSR count). The third-order valence-corrected chi connectivity index (χ3v) is 4.00. The van der Waals surface area contributed by atoms with E-state index in [2.05, 4.69) is 0 Å². The van der Waals surface area contributed by atoms with Crippen LogP contribution in [0.5, 0.6) is 17.2 Å². The van der Waals surface area contributed by atoms with E-state index in [9.17, 15) is 0 Å². The van der Waals surface area contributed by atoms with Crippen LogP contribution >= 0.6 is 0 Å². The molecule has 0 amide bonds. The SMILES string of the molecule is COc1ccc([C@H](N)C2CCCC2)c(OC)c1OC. The van der Waals surface area contributed by atoms with Crippen molar-refractivity contribution in [1.29, 1.82) is 0 Å². The van der Waals surface area contributed by atoms with E-state index in [0.717, 1.165) is 5.56 Å². The minimum Gasteiger partial charge on any atom is -0.493 e. The van der Waals surface area contributed by atoms with E-state index in [1.165, 1.54) is 25.7 Å². The molecule has 0 radical (unpaired) electrons. The summed E-state index contributed by atoms with van der Waals surface area (Å²) in [5.74, 6) is 2.52. The molecule has 0 spiro atoms. The first-order chi connectivity index (χ1) is 9.22. The van der Waals surface area contributed by atoms with Crippen LogP contribution in [0.1, 0.15) is 37.3 Å². The number of rotatable bonds is 5. The van der Waals surface area contributed by atoms with Crippen molar-refractivity contribution in [2.75, 3.05) is 21.3 Å². The van der Waals surface area contributed by atoms with Gasteiger partial charge in [0.15, 0.2) is 11.5 Å². The monoisotopic (exact) mass is 265 g/mol. The van der Waals surface area contributed by atoms with Crippen LogP contribution < -0.4 is 19.9 Å². The maximum atomic E-state index is 6.42. The standard InChI is InChI=1S/C15H23NO3/c1-17-12-9-8-11(14(18-2)15(12)19-3)13(16)10-6-4-5-7-10/h8-10,13H,4-7,16H2,1-3H3/t13-/m1/s1. The first-order valence-electron chi connectivity index (χ1n) is 6.77.